The van der Waals surface area contributed by atoms with Crippen molar-refractivity contribution in [2.45, 2.75) is 32.7 Å². The number of likely N-dealkylation sites (tertiary alicyclic amines) is 1. The number of carboxylic acid groups (broad SMARTS) is 1. The van der Waals surface area contributed by atoms with Crippen LogP contribution in [0.4, 0.5) is 0 Å². The van der Waals surface area contributed by atoms with E-state index in [9.17, 15) is 9.59 Å². The summed E-state index contributed by atoms with van der Waals surface area (Å²) < 4.78 is 10.8. The summed E-state index contributed by atoms with van der Waals surface area (Å²) in [5, 5.41) is 8.77. The number of rotatable bonds is 5. The Morgan fingerprint density at radius 1 is 1.32 bits per heavy atom. The Balaban J connectivity index is 1.83. The van der Waals surface area contributed by atoms with Crippen LogP contribution < -0.4 is 4.74 Å². The summed E-state index contributed by atoms with van der Waals surface area (Å²) in [5.74, 6) is 0.246. The second-order valence-corrected chi connectivity index (χ2v) is 6.29. The van der Waals surface area contributed by atoms with E-state index in [4.69, 9.17) is 14.3 Å². The lowest BCUT2D eigenvalue weighted by Crippen LogP contribution is -2.30. The van der Waals surface area contributed by atoms with Gasteiger partial charge in [0, 0.05) is 12.1 Å². The van der Waals surface area contributed by atoms with Crippen molar-refractivity contribution in [2.24, 2.45) is 0 Å². The molecule has 0 aliphatic carbocycles. The maximum absolute atomic E-state index is 13.0. The molecule has 1 atom stereocenters. The average molecular weight is 343 g/mol. The highest BCUT2D eigenvalue weighted by Crippen LogP contribution is 2.34. The molecule has 132 valence electrons. The first-order valence-corrected chi connectivity index (χ1v) is 8.27. The quantitative estimate of drug-likeness (QED) is 0.901. The Bertz CT molecular complexity index is 758. The van der Waals surface area contributed by atoms with Crippen LogP contribution >= 0.6 is 0 Å². The molecule has 25 heavy (non-hydrogen) atoms. The topological polar surface area (TPSA) is 80.0 Å². The highest BCUT2D eigenvalue weighted by atomic mass is 16.5. The molecule has 1 aromatic carbocycles. The van der Waals surface area contributed by atoms with Crippen LogP contribution in [0.1, 0.15) is 46.1 Å². The maximum Gasteiger partial charge on any atom is 0.341 e. The van der Waals surface area contributed by atoms with Crippen molar-refractivity contribution in [1.82, 2.24) is 4.90 Å². The summed E-state index contributed by atoms with van der Waals surface area (Å²) >= 11 is 0. The molecular weight excluding hydrogens is 322 g/mol. The van der Waals surface area contributed by atoms with Crippen molar-refractivity contribution in [3.63, 3.8) is 0 Å². The Morgan fingerprint density at radius 3 is 2.64 bits per heavy atom. The van der Waals surface area contributed by atoms with Gasteiger partial charge in [0.25, 0.3) is 5.91 Å². The summed E-state index contributed by atoms with van der Waals surface area (Å²) in [5.41, 5.74) is 2.08. The molecule has 1 aliphatic heterocycles. The first-order valence-electron chi connectivity index (χ1n) is 8.27. The van der Waals surface area contributed by atoms with Gasteiger partial charge in [0.05, 0.1) is 12.3 Å². The monoisotopic (exact) mass is 343 g/mol. The van der Waals surface area contributed by atoms with Crippen LogP contribution in [-0.4, -0.2) is 35.0 Å². The van der Waals surface area contributed by atoms with E-state index in [-0.39, 0.29) is 11.9 Å². The molecular formula is C19H21NO5. The van der Waals surface area contributed by atoms with Crippen molar-refractivity contribution < 1.29 is 23.8 Å². The number of aryl methyl sites for hydroxylation is 2. The van der Waals surface area contributed by atoms with Gasteiger partial charge in [0.15, 0.2) is 6.61 Å². The fraction of sp³-hybridized carbons (Fsp3) is 0.368. The zero-order valence-corrected chi connectivity index (χ0v) is 14.3. The third kappa shape index (κ3) is 3.52. The molecule has 1 saturated heterocycles. The molecule has 0 unspecified atom stereocenters. The largest absolute Gasteiger partial charge is 0.481 e. The van der Waals surface area contributed by atoms with Gasteiger partial charge in [-0.3, -0.25) is 4.79 Å². The summed E-state index contributed by atoms with van der Waals surface area (Å²) in [6.45, 7) is 3.92. The predicted octanol–water partition coefficient (Wildman–Crippen LogP) is 3.34. The summed E-state index contributed by atoms with van der Waals surface area (Å²) in [7, 11) is 0. The number of carboxylic acids is 1. The molecule has 0 spiro atoms. The fourth-order valence-corrected chi connectivity index (χ4v) is 3.39. The van der Waals surface area contributed by atoms with Crippen LogP contribution in [0.3, 0.4) is 0 Å². The molecule has 3 rings (SSSR count). The van der Waals surface area contributed by atoms with E-state index in [0.717, 1.165) is 29.7 Å². The molecule has 2 aromatic rings. The van der Waals surface area contributed by atoms with Gasteiger partial charge in [-0.25, -0.2) is 4.79 Å². The minimum atomic E-state index is -1.03. The number of amides is 1. The van der Waals surface area contributed by atoms with Crippen molar-refractivity contribution in [3.05, 3.63) is 53.0 Å². The SMILES string of the molecule is Cc1cc(C(=O)N2CCC[C@H]2c2ccco2)cc(C)c1OCC(=O)O. The Hall–Kier alpha value is -2.76. The number of carbonyl (C=O) groups is 2. The van der Waals surface area contributed by atoms with Crippen LogP contribution in [0, 0.1) is 13.8 Å². The fourth-order valence-electron chi connectivity index (χ4n) is 3.39. The Morgan fingerprint density at radius 2 is 2.04 bits per heavy atom. The molecule has 6 nitrogen and oxygen atoms in total. The zero-order valence-electron chi connectivity index (χ0n) is 14.3. The van der Waals surface area contributed by atoms with Gasteiger partial charge in [-0.2, -0.15) is 0 Å². The van der Waals surface area contributed by atoms with Crippen LogP contribution in [0.15, 0.2) is 34.9 Å². The van der Waals surface area contributed by atoms with Crippen molar-refractivity contribution in [2.75, 3.05) is 13.2 Å². The molecule has 0 saturated carbocycles. The van der Waals surface area contributed by atoms with Crippen molar-refractivity contribution >= 4 is 11.9 Å². The van der Waals surface area contributed by atoms with Crippen molar-refractivity contribution in [1.29, 1.82) is 0 Å². The molecule has 0 bridgehead atoms. The van der Waals surface area contributed by atoms with E-state index in [1.165, 1.54) is 0 Å². The first-order chi connectivity index (χ1) is 12.0. The van der Waals surface area contributed by atoms with Gasteiger partial charge in [-0.05, 0) is 62.1 Å². The van der Waals surface area contributed by atoms with Gasteiger partial charge >= 0.3 is 5.97 Å². The predicted molar refractivity (Wildman–Crippen MR) is 90.8 cm³/mol. The van der Waals surface area contributed by atoms with E-state index in [1.807, 2.05) is 30.9 Å². The van der Waals surface area contributed by atoms with Gasteiger partial charge in [0.1, 0.15) is 11.5 Å². The van der Waals surface area contributed by atoms with Crippen LogP contribution in [0.5, 0.6) is 5.75 Å². The highest BCUT2D eigenvalue weighted by Gasteiger charge is 2.32. The van der Waals surface area contributed by atoms with Gasteiger partial charge in [0.2, 0.25) is 0 Å². The normalized spacial score (nSPS) is 16.9. The number of ether oxygens (including phenoxy) is 1. The summed E-state index contributed by atoms with van der Waals surface area (Å²) in [4.78, 5) is 25.5. The number of hydrogen-bond donors (Lipinski definition) is 1. The van der Waals surface area contributed by atoms with Gasteiger partial charge < -0.3 is 19.2 Å². The third-order valence-corrected chi connectivity index (χ3v) is 4.43. The van der Waals surface area contributed by atoms with E-state index in [0.29, 0.717) is 17.9 Å². The molecule has 1 aromatic heterocycles. The van der Waals surface area contributed by atoms with Crippen LogP contribution in [0.2, 0.25) is 0 Å². The Labute approximate surface area is 146 Å². The number of furan rings is 1. The van der Waals surface area contributed by atoms with E-state index < -0.39 is 12.6 Å². The van der Waals surface area contributed by atoms with E-state index in [1.54, 1.807) is 18.4 Å². The lowest BCUT2D eigenvalue weighted by Gasteiger charge is -2.24. The smallest absolute Gasteiger partial charge is 0.341 e. The molecule has 1 aliphatic rings. The number of nitrogens with zero attached hydrogens (tertiary/aromatic N) is 1. The zero-order chi connectivity index (χ0) is 18.0. The number of aliphatic carboxylic acids is 1. The molecule has 6 heteroatoms. The standard InChI is InChI=1S/C19H21NO5/c1-12-9-14(10-13(2)18(12)25-11-17(21)22)19(23)20-7-3-5-15(20)16-6-4-8-24-16/h4,6,8-10,15H,3,5,7,11H2,1-2H3,(H,21,22)/t15-/m0/s1. The van der Waals surface area contributed by atoms with Gasteiger partial charge in [-0.15, -0.1) is 0 Å². The van der Waals surface area contributed by atoms with E-state index >= 15 is 0 Å². The van der Waals surface area contributed by atoms with E-state index in [2.05, 4.69) is 0 Å². The average Bonchev–Trinajstić information content (AvgIpc) is 3.23. The van der Waals surface area contributed by atoms with Crippen molar-refractivity contribution in [3.8, 4) is 5.75 Å². The molecule has 1 N–H and O–H groups in total. The number of carbonyl (C=O) groups excluding carboxylic acids is 1. The lowest BCUT2D eigenvalue weighted by molar-refractivity contribution is -0.139. The number of benzene rings is 1. The summed E-state index contributed by atoms with van der Waals surface area (Å²) in [6, 6.07) is 7.20. The number of hydrogen-bond acceptors (Lipinski definition) is 4. The minimum absolute atomic E-state index is 0.0361. The minimum Gasteiger partial charge on any atom is -0.481 e. The van der Waals surface area contributed by atoms with Crippen LogP contribution in [-0.2, 0) is 4.79 Å². The molecule has 1 amide bonds. The molecule has 1 fully saturated rings. The highest BCUT2D eigenvalue weighted by molar-refractivity contribution is 5.95. The molecule has 0 radical (unpaired) electrons. The van der Waals surface area contributed by atoms with Gasteiger partial charge in [-0.1, -0.05) is 0 Å². The third-order valence-electron chi connectivity index (χ3n) is 4.43. The lowest BCUT2D eigenvalue weighted by atomic mass is 10.0. The second kappa shape index (κ2) is 7.01. The molecule has 2 heterocycles. The second-order valence-electron chi connectivity index (χ2n) is 6.29. The first kappa shape index (κ1) is 17.1. The Kier molecular flexibility index (Phi) is 4.79. The van der Waals surface area contributed by atoms with Crippen LogP contribution in [0.25, 0.3) is 0 Å². The summed E-state index contributed by atoms with van der Waals surface area (Å²) in [6.07, 6.45) is 3.45. The maximum atomic E-state index is 13.0.